The minimum atomic E-state index is -0.295. The van der Waals surface area contributed by atoms with Crippen molar-refractivity contribution in [1.29, 1.82) is 5.26 Å². The van der Waals surface area contributed by atoms with Gasteiger partial charge in [0.25, 0.3) is 0 Å². The smallest absolute Gasteiger partial charge is 0.228 e. The highest BCUT2D eigenvalue weighted by atomic mass is 16.1. The molecule has 1 fully saturated rings. The third kappa shape index (κ3) is 2.41. The molecule has 100 valence electrons. The first-order valence-corrected chi connectivity index (χ1v) is 6.52. The number of nitrogens with zero attached hydrogens (tertiary/aromatic N) is 2. The number of carbonyl (C=O) groups excluding carboxylic acids is 1. The summed E-state index contributed by atoms with van der Waals surface area (Å²) in [5.41, 5.74) is 1.33. The zero-order chi connectivity index (χ0) is 14.0. The SMILES string of the molecule is N#Cc1cccc(C2(NC(=O)Cc3ncc[nH]3)CC2)c1. The number of nitriles is 1. The van der Waals surface area contributed by atoms with Crippen LogP contribution in [0.4, 0.5) is 0 Å². The van der Waals surface area contributed by atoms with E-state index in [0.717, 1.165) is 18.4 Å². The molecule has 0 aliphatic heterocycles. The minimum Gasteiger partial charge on any atom is -0.348 e. The predicted octanol–water partition coefficient (Wildman–Crippen LogP) is 1.63. The van der Waals surface area contributed by atoms with E-state index in [4.69, 9.17) is 5.26 Å². The van der Waals surface area contributed by atoms with Crippen molar-refractivity contribution in [2.45, 2.75) is 24.8 Å². The van der Waals surface area contributed by atoms with Crippen molar-refractivity contribution in [2.75, 3.05) is 0 Å². The second-order valence-electron chi connectivity index (χ2n) is 5.04. The van der Waals surface area contributed by atoms with Crippen LogP contribution in [0.15, 0.2) is 36.7 Å². The van der Waals surface area contributed by atoms with Crippen LogP contribution in [-0.4, -0.2) is 15.9 Å². The lowest BCUT2D eigenvalue weighted by Crippen LogP contribution is -2.36. The van der Waals surface area contributed by atoms with Crippen LogP contribution in [0.2, 0.25) is 0 Å². The molecule has 1 heterocycles. The van der Waals surface area contributed by atoms with Gasteiger partial charge < -0.3 is 10.3 Å². The highest BCUT2D eigenvalue weighted by Gasteiger charge is 2.45. The Morgan fingerprint density at radius 1 is 1.50 bits per heavy atom. The van der Waals surface area contributed by atoms with Gasteiger partial charge in [-0.15, -0.1) is 0 Å². The molecule has 1 aromatic carbocycles. The Hall–Kier alpha value is -2.61. The summed E-state index contributed by atoms with van der Waals surface area (Å²) >= 11 is 0. The van der Waals surface area contributed by atoms with E-state index >= 15 is 0 Å². The quantitative estimate of drug-likeness (QED) is 0.882. The Kier molecular flexibility index (Phi) is 2.99. The fraction of sp³-hybridized carbons (Fsp3) is 0.267. The number of benzene rings is 1. The molecule has 1 amide bonds. The molecule has 0 saturated heterocycles. The maximum Gasteiger partial charge on any atom is 0.228 e. The van der Waals surface area contributed by atoms with Crippen LogP contribution >= 0.6 is 0 Å². The minimum absolute atomic E-state index is 0.0557. The summed E-state index contributed by atoms with van der Waals surface area (Å²) in [7, 11) is 0. The third-order valence-electron chi connectivity index (χ3n) is 3.56. The Bertz CT molecular complexity index is 665. The maximum absolute atomic E-state index is 12.1. The normalized spacial score (nSPS) is 15.3. The van der Waals surface area contributed by atoms with Crippen LogP contribution in [0.5, 0.6) is 0 Å². The van der Waals surface area contributed by atoms with E-state index in [9.17, 15) is 4.79 Å². The monoisotopic (exact) mass is 266 g/mol. The fourth-order valence-corrected chi connectivity index (χ4v) is 2.36. The summed E-state index contributed by atoms with van der Waals surface area (Å²) in [6.07, 6.45) is 5.39. The lowest BCUT2D eigenvalue weighted by molar-refractivity contribution is -0.121. The molecule has 3 rings (SSSR count). The Morgan fingerprint density at radius 2 is 2.35 bits per heavy atom. The summed E-state index contributed by atoms with van der Waals surface area (Å²) < 4.78 is 0. The summed E-state index contributed by atoms with van der Waals surface area (Å²) in [5, 5.41) is 12.0. The van der Waals surface area contributed by atoms with Crippen LogP contribution < -0.4 is 5.32 Å². The molecule has 1 aliphatic carbocycles. The van der Waals surface area contributed by atoms with Gasteiger partial charge >= 0.3 is 0 Å². The van der Waals surface area contributed by atoms with Gasteiger partial charge in [0, 0.05) is 12.4 Å². The molecule has 0 bridgehead atoms. The van der Waals surface area contributed by atoms with E-state index in [-0.39, 0.29) is 17.9 Å². The third-order valence-corrected chi connectivity index (χ3v) is 3.56. The number of hydrogen-bond acceptors (Lipinski definition) is 3. The summed E-state index contributed by atoms with van der Waals surface area (Å²) in [4.78, 5) is 19.0. The van der Waals surface area contributed by atoms with Gasteiger partial charge in [0.05, 0.1) is 23.6 Å². The van der Waals surface area contributed by atoms with Gasteiger partial charge in [0.2, 0.25) is 5.91 Å². The molecule has 2 N–H and O–H groups in total. The number of amides is 1. The van der Waals surface area contributed by atoms with Crippen LogP contribution in [0.25, 0.3) is 0 Å². The highest BCUT2D eigenvalue weighted by Crippen LogP contribution is 2.45. The van der Waals surface area contributed by atoms with E-state index in [1.165, 1.54) is 0 Å². The lowest BCUT2D eigenvalue weighted by atomic mass is 10.0. The number of aromatic nitrogens is 2. The lowest BCUT2D eigenvalue weighted by Gasteiger charge is -2.18. The number of imidazole rings is 1. The standard InChI is InChI=1S/C15H14N4O/c16-10-11-2-1-3-12(8-11)15(4-5-15)19-14(20)9-13-17-6-7-18-13/h1-3,6-8H,4-5,9H2,(H,17,18)(H,19,20). The molecule has 0 radical (unpaired) electrons. The summed E-state index contributed by atoms with van der Waals surface area (Å²) in [5.74, 6) is 0.601. The molecule has 1 aliphatic rings. The fourth-order valence-electron chi connectivity index (χ4n) is 2.36. The van der Waals surface area contributed by atoms with Crippen molar-refractivity contribution in [2.24, 2.45) is 0 Å². The van der Waals surface area contributed by atoms with Crippen molar-refractivity contribution >= 4 is 5.91 Å². The van der Waals surface area contributed by atoms with Crippen molar-refractivity contribution in [3.8, 4) is 6.07 Å². The van der Waals surface area contributed by atoms with Crippen molar-refractivity contribution in [3.05, 3.63) is 53.6 Å². The molecule has 0 spiro atoms. The van der Waals surface area contributed by atoms with E-state index in [0.29, 0.717) is 11.4 Å². The molecule has 1 aromatic heterocycles. The van der Waals surface area contributed by atoms with Gasteiger partial charge in [-0.1, -0.05) is 12.1 Å². The number of aromatic amines is 1. The van der Waals surface area contributed by atoms with Gasteiger partial charge in [-0.05, 0) is 30.5 Å². The van der Waals surface area contributed by atoms with Gasteiger partial charge in [-0.2, -0.15) is 5.26 Å². The number of rotatable bonds is 4. The van der Waals surface area contributed by atoms with Crippen LogP contribution in [-0.2, 0) is 16.8 Å². The second kappa shape index (κ2) is 4.82. The molecule has 2 aromatic rings. The molecule has 1 saturated carbocycles. The molecule has 5 heteroatoms. The first-order chi connectivity index (χ1) is 9.72. The van der Waals surface area contributed by atoms with E-state index in [1.54, 1.807) is 18.5 Å². The maximum atomic E-state index is 12.1. The van der Waals surface area contributed by atoms with Crippen molar-refractivity contribution in [3.63, 3.8) is 0 Å². The molecular formula is C15H14N4O. The first-order valence-electron chi connectivity index (χ1n) is 6.52. The number of H-pyrrole nitrogens is 1. The van der Waals surface area contributed by atoms with E-state index in [2.05, 4.69) is 21.4 Å². The predicted molar refractivity (Wildman–Crippen MR) is 72.5 cm³/mol. The Balaban J connectivity index is 1.73. The molecular weight excluding hydrogens is 252 g/mol. The Morgan fingerprint density at radius 3 is 3.00 bits per heavy atom. The summed E-state index contributed by atoms with van der Waals surface area (Å²) in [6.45, 7) is 0. The van der Waals surface area contributed by atoms with Gasteiger partial charge in [0.1, 0.15) is 5.82 Å². The van der Waals surface area contributed by atoms with Crippen LogP contribution in [0.1, 0.15) is 29.8 Å². The molecule has 0 atom stereocenters. The highest BCUT2D eigenvalue weighted by molar-refractivity contribution is 5.79. The number of carbonyl (C=O) groups is 1. The van der Waals surface area contributed by atoms with E-state index in [1.807, 2.05) is 18.2 Å². The van der Waals surface area contributed by atoms with Crippen LogP contribution in [0, 0.1) is 11.3 Å². The van der Waals surface area contributed by atoms with Gasteiger partial charge in [-0.25, -0.2) is 4.98 Å². The van der Waals surface area contributed by atoms with Crippen LogP contribution in [0.3, 0.4) is 0 Å². The zero-order valence-corrected chi connectivity index (χ0v) is 10.9. The second-order valence-corrected chi connectivity index (χ2v) is 5.04. The summed E-state index contributed by atoms with van der Waals surface area (Å²) in [6, 6.07) is 9.56. The largest absolute Gasteiger partial charge is 0.348 e. The van der Waals surface area contributed by atoms with Crippen molar-refractivity contribution in [1.82, 2.24) is 15.3 Å². The molecule has 20 heavy (non-hydrogen) atoms. The topological polar surface area (TPSA) is 81.6 Å². The first kappa shape index (κ1) is 12.4. The zero-order valence-electron chi connectivity index (χ0n) is 10.9. The Labute approximate surface area is 116 Å². The van der Waals surface area contributed by atoms with Gasteiger partial charge in [-0.3, -0.25) is 4.79 Å². The number of hydrogen-bond donors (Lipinski definition) is 2. The number of nitrogens with one attached hydrogen (secondary N) is 2. The van der Waals surface area contributed by atoms with Crippen molar-refractivity contribution < 1.29 is 4.79 Å². The average Bonchev–Trinajstić information content (AvgIpc) is 3.06. The van der Waals surface area contributed by atoms with E-state index < -0.39 is 0 Å². The molecule has 0 unspecified atom stereocenters. The average molecular weight is 266 g/mol. The molecule has 5 nitrogen and oxygen atoms in total. The van der Waals surface area contributed by atoms with Gasteiger partial charge in [0.15, 0.2) is 0 Å².